The number of nitrogens with one attached hydrogen (secondary N) is 1. The average Bonchev–Trinajstić information content (AvgIpc) is 3.03. The average molecular weight is 287 g/mol. The van der Waals surface area contributed by atoms with Gasteiger partial charge in [0.2, 0.25) is 5.91 Å². The Labute approximate surface area is 124 Å². The molecule has 0 saturated carbocycles. The van der Waals surface area contributed by atoms with Crippen LogP contribution in [0.3, 0.4) is 0 Å². The summed E-state index contributed by atoms with van der Waals surface area (Å²) in [4.78, 5) is 16.8. The summed E-state index contributed by atoms with van der Waals surface area (Å²) in [6.07, 6.45) is 5.65. The molecule has 0 spiro atoms. The number of aromatic nitrogens is 2. The van der Waals surface area contributed by atoms with E-state index in [1.54, 1.807) is 0 Å². The number of rotatable bonds is 3. The Bertz CT molecular complexity index is 656. The summed E-state index contributed by atoms with van der Waals surface area (Å²) in [5.41, 5.74) is 0.976. The van der Waals surface area contributed by atoms with Crippen molar-refractivity contribution in [1.29, 1.82) is 0 Å². The van der Waals surface area contributed by atoms with Gasteiger partial charge in [-0.25, -0.2) is 4.98 Å². The smallest absolute Gasteiger partial charge is 0.227 e. The lowest BCUT2D eigenvalue weighted by atomic mass is 9.99. The standard InChI is InChI=1S/C16H21N3O2/c1-10-8-14(12(3)21-10)11(2)16(20)18-13-4-5-15-17-6-7-19(15)9-13/h6-8,11,13H,4-5,9H2,1-3H3,(H,18,20)/t11-,13-/m0/s1. The van der Waals surface area contributed by atoms with Crippen LogP contribution in [-0.4, -0.2) is 21.5 Å². The third kappa shape index (κ3) is 2.73. The lowest BCUT2D eigenvalue weighted by molar-refractivity contribution is -0.123. The van der Waals surface area contributed by atoms with Crippen molar-refractivity contribution in [1.82, 2.24) is 14.9 Å². The van der Waals surface area contributed by atoms with Crippen molar-refractivity contribution in [2.75, 3.05) is 0 Å². The zero-order valence-electron chi connectivity index (χ0n) is 12.7. The minimum atomic E-state index is -0.188. The second kappa shape index (κ2) is 5.39. The van der Waals surface area contributed by atoms with Gasteiger partial charge >= 0.3 is 0 Å². The Kier molecular flexibility index (Phi) is 3.57. The predicted octanol–water partition coefficient (Wildman–Crippen LogP) is 2.33. The van der Waals surface area contributed by atoms with E-state index in [4.69, 9.17) is 4.42 Å². The Morgan fingerprint density at radius 2 is 2.33 bits per heavy atom. The molecule has 0 aliphatic carbocycles. The Morgan fingerprint density at radius 3 is 3.05 bits per heavy atom. The quantitative estimate of drug-likeness (QED) is 0.942. The van der Waals surface area contributed by atoms with Gasteiger partial charge in [0.25, 0.3) is 0 Å². The van der Waals surface area contributed by atoms with Gasteiger partial charge in [0.15, 0.2) is 0 Å². The molecule has 0 radical (unpaired) electrons. The van der Waals surface area contributed by atoms with Crippen molar-refractivity contribution < 1.29 is 9.21 Å². The number of furan rings is 1. The first-order valence-corrected chi connectivity index (χ1v) is 7.42. The molecule has 2 aromatic heterocycles. The molecule has 2 atom stereocenters. The fourth-order valence-corrected chi connectivity index (χ4v) is 3.03. The molecule has 1 N–H and O–H groups in total. The molecule has 21 heavy (non-hydrogen) atoms. The molecule has 0 bridgehead atoms. The summed E-state index contributed by atoms with van der Waals surface area (Å²) in [6, 6.07) is 2.13. The van der Waals surface area contributed by atoms with Crippen LogP contribution in [0, 0.1) is 13.8 Å². The van der Waals surface area contributed by atoms with E-state index in [9.17, 15) is 4.79 Å². The van der Waals surface area contributed by atoms with E-state index < -0.39 is 0 Å². The Hall–Kier alpha value is -2.04. The number of hydrogen-bond donors (Lipinski definition) is 1. The van der Waals surface area contributed by atoms with Crippen molar-refractivity contribution in [3.8, 4) is 0 Å². The fraction of sp³-hybridized carbons (Fsp3) is 0.500. The molecule has 3 rings (SSSR count). The van der Waals surface area contributed by atoms with Crippen LogP contribution in [0.15, 0.2) is 22.9 Å². The number of carbonyl (C=O) groups is 1. The lowest BCUT2D eigenvalue weighted by Crippen LogP contribution is -2.42. The first kappa shape index (κ1) is 13.9. The minimum Gasteiger partial charge on any atom is -0.466 e. The van der Waals surface area contributed by atoms with Gasteiger partial charge in [-0.05, 0) is 33.3 Å². The van der Waals surface area contributed by atoms with Gasteiger partial charge in [-0.3, -0.25) is 4.79 Å². The highest BCUT2D eigenvalue weighted by Crippen LogP contribution is 2.24. The Balaban J connectivity index is 1.65. The number of hydrogen-bond acceptors (Lipinski definition) is 3. The van der Waals surface area contributed by atoms with E-state index in [1.165, 1.54) is 0 Å². The maximum Gasteiger partial charge on any atom is 0.227 e. The molecule has 2 aromatic rings. The highest BCUT2D eigenvalue weighted by atomic mass is 16.3. The molecule has 0 saturated heterocycles. The largest absolute Gasteiger partial charge is 0.466 e. The second-order valence-electron chi connectivity index (χ2n) is 5.83. The SMILES string of the molecule is Cc1cc([C@H](C)C(=O)N[C@H]2CCc3nccn3C2)c(C)o1. The van der Waals surface area contributed by atoms with E-state index in [2.05, 4.69) is 14.9 Å². The molecule has 1 aliphatic rings. The van der Waals surface area contributed by atoms with Crippen molar-refractivity contribution in [3.05, 3.63) is 41.4 Å². The van der Waals surface area contributed by atoms with Crippen molar-refractivity contribution in [2.24, 2.45) is 0 Å². The molecular formula is C16H21N3O2. The van der Waals surface area contributed by atoms with Crippen LogP contribution in [0.1, 0.15) is 42.2 Å². The van der Waals surface area contributed by atoms with E-state index in [0.29, 0.717) is 0 Å². The van der Waals surface area contributed by atoms with Gasteiger partial charge < -0.3 is 14.3 Å². The molecule has 1 aliphatic heterocycles. The highest BCUT2D eigenvalue weighted by molar-refractivity contribution is 5.83. The summed E-state index contributed by atoms with van der Waals surface area (Å²) < 4.78 is 7.64. The van der Waals surface area contributed by atoms with Crippen molar-refractivity contribution in [2.45, 2.75) is 52.1 Å². The molecule has 0 aromatic carbocycles. The summed E-state index contributed by atoms with van der Waals surface area (Å²) in [7, 11) is 0. The van der Waals surface area contributed by atoms with Crippen molar-refractivity contribution in [3.63, 3.8) is 0 Å². The molecule has 0 fully saturated rings. The fourth-order valence-electron chi connectivity index (χ4n) is 3.03. The maximum atomic E-state index is 12.4. The highest BCUT2D eigenvalue weighted by Gasteiger charge is 2.25. The zero-order valence-corrected chi connectivity index (χ0v) is 12.7. The minimum absolute atomic E-state index is 0.0625. The second-order valence-corrected chi connectivity index (χ2v) is 5.83. The number of imidazole rings is 1. The maximum absolute atomic E-state index is 12.4. The van der Waals surface area contributed by atoms with Crippen LogP contribution in [0.5, 0.6) is 0 Å². The van der Waals surface area contributed by atoms with E-state index in [1.807, 2.05) is 39.2 Å². The molecular weight excluding hydrogens is 266 g/mol. The van der Waals surface area contributed by atoms with Crippen LogP contribution < -0.4 is 5.32 Å². The van der Waals surface area contributed by atoms with Crippen molar-refractivity contribution >= 4 is 5.91 Å². The van der Waals surface area contributed by atoms with E-state index >= 15 is 0 Å². The first-order valence-electron chi connectivity index (χ1n) is 7.42. The molecule has 5 heteroatoms. The monoisotopic (exact) mass is 287 g/mol. The van der Waals surface area contributed by atoms with Gasteiger partial charge in [-0.15, -0.1) is 0 Å². The van der Waals surface area contributed by atoms with Gasteiger partial charge in [0, 0.05) is 37.0 Å². The van der Waals surface area contributed by atoms with Crippen LogP contribution in [0.2, 0.25) is 0 Å². The number of amides is 1. The van der Waals surface area contributed by atoms with Gasteiger partial charge in [-0.2, -0.15) is 0 Å². The number of carbonyl (C=O) groups excluding carboxylic acids is 1. The van der Waals surface area contributed by atoms with Crippen LogP contribution in [0.4, 0.5) is 0 Å². The first-order chi connectivity index (χ1) is 10.0. The summed E-state index contributed by atoms with van der Waals surface area (Å²) in [5, 5.41) is 3.16. The lowest BCUT2D eigenvalue weighted by Gasteiger charge is -2.26. The number of aryl methyl sites for hydroxylation is 3. The van der Waals surface area contributed by atoms with E-state index in [0.717, 1.165) is 42.3 Å². The summed E-state index contributed by atoms with van der Waals surface area (Å²) >= 11 is 0. The normalized spacial score (nSPS) is 19.1. The zero-order chi connectivity index (χ0) is 15.0. The molecule has 0 unspecified atom stereocenters. The molecule has 112 valence electrons. The number of nitrogens with zero attached hydrogens (tertiary/aromatic N) is 2. The van der Waals surface area contributed by atoms with Crippen LogP contribution >= 0.6 is 0 Å². The predicted molar refractivity (Wildman–Crippen MR) is 79.1 cm³/mol. The van der Waals surface area contributed by atoms with Crippen LogP contribution in [-0.2, 0) is 17.8 Å². The molecule has 5 nitrogen and oxygen atoms in total. The number of fused-ring (bicyclic) bond motifs is 1. The Morgan fingerprint density at radius 1 is 1.52 bits per heavy atom. The van der Waals surface area contributed by atoms with Gasteiger partial charge in [-0.1, -0.05) is 0 Å². The van der Waals surface area contributed by atoms with Gasteiger partial charge in [0.05, 0.1) is 5.92 Å². The third-order valence-electron chi connectivity index (χ3n) is 4.22. The molecule has 3 heterocycles. The van der Waals surface area contributed by atoms with Crippen LogP contribution in [0.25, 0.3) is 0 Å². The molecule has 1 amide bonds. The summed E-state index contributed by atoms with van der Waals surface area (Å²) in [6.45, 7) is 6.54. The van der Waals surface area contributed by atoms with Gasteiger partial charge in [0.1, 0.15) is 17.3 Å². The third-order valence-corrected chi connectivity index (χ3v) is 4.22. The topological polar surface area (TPSA) is 60.1 Å². The summed E-state index contributed by atoms with van der Waals surface area (Å²) in [5.74, 6) is 2.66. The van der Waals surface area contributed by atoms with E-state index in [-0.39, 0.29) is 17.9 Å².